The van der Waals surface area contributed by atoms with E-state index < -0.39 is 11.7 Å². The molecule has 0 radical (unpaired) electrons. The summed E-state index contributed by atoms with van der Waals surface area (Å²) in [6.45, 7) is 2.28. The van der Waals surface area contributed by atoms with Crippen molar-refractivity contribution in [2.45, 2.75) is 6.92 Å². The Balaban J connectivity index is 1.69. The SMILES string of the molecule is CCOc1nc(-c2cccc(OC)c2)n(-c2cccc(NC(=O)c3cccc(F)c3)c2)n1. The van der Waals surface area contributed by atoms with Gasteiger partial charge in [-0.05, 0) is 55.5 Å². The Morgan fingerprint density at radius 3 is 2.66 bits per heavy atom. The number of nitrogens with zero attached hydrogens (tertiary/aromatic N) is 3. The van der Waals surface area contributed by atoms with Crippen LogP contribution in [0.25, 0.3) is 17.1 Å². The maximum Gasteiger partial charge on any atom is 0.336 e. The highest BCUT2D eigenvalue weighted by atomic mass is 19.1. The van der Waals surface area contributed by atoms with Gasteiger partial charge < -0.3 is 14.8 Å². The second-order valence-electron chi connectivity index (χ2n) is 6.81. The molecule has 4 rings (SSSR count). The summed E-state index contributed by atoms with van der Waals surface area (Å²) in [7, 11) is 1.60. The van der Waals surface area contributed by atoms with Crippen molar-refractivity contribution in [2.75, 3.05) is 19.0 Å². The molecule has 1 aromatic heterocycles. The molecule has 0 saturated carbocycles. The quantitative estimate of drug-likeness (QED) is 0.457. The average Bonchev–Trinajstić information content (AvgIpc) is 3.23. The molecule has 1 N–H and O–H groups in total. The van der Waals surface area contributed by atoms with Gasteiger partial charge in [0.25, 0.3) is 5.91 Å². The first-order chi connectivity index (χ1) is 15.6. The molecule has 0 spiro atoms. The van der Waals surface area contributed by atoms with Crippen LogP contribution in [0.2, 0.25) is 0 Å². The van der Waals surface area contributed by atoms with E-state index in [-0.39, 0.29) is 11.6 Å². The Morgan fingerprint density at radius 2 is 1.88 bits per heavy atom. The first-order valence-electron chi connectivity index (χ1n) is 9.99. The fraction of sp³-hybridized carbons (Fsp3) is 0.125. The van der Waals surface area contributed by atoms with E-state index in [0.717, 1.165) is 5.56 Å². The largest absolute Gasteiger partial charge is 0.497 e. The van der Waals surface area contributed by atoms with Crippen molar-refractivity contribution in [2.24, 2.45) is 0 Å². The highest BCUT2D eigenvalue weighted by Crippen LogP contribution is 2.27. The van der Waals surface area contributed by atoms with Crippen LogP contribution in [-0.4, -0.2) is 34.4 Å². The molecule has 8 heteroatoms. The molecule has 0 aliphatic carbocycles. The number of nitrogens with one attached hydrogen (secondary N) is 1. The van der Waals surface area contributed by atoms with Gasteiger partial charge in [0.05, 0.1) is 19.4 Å². The first kappa shape index (κ1) is 21.0. The fourth-order valence-corrected chi connectivity index (χ4v) is 3.16. The summed E-state index contributed by atoms with van der Waals surface area (Å²) in [6.07, 6.45) is 0. The first-order valence-corrected chi connectivity index (χ1v) is 9.99. The number of anilines is 1. The normalized spacial score (nSPS) is 10.6. The molecule has 0 aliphatic heterocycles. The number of carbonyl (C=O) groups is 1. The number of amides is 1. The van der Waals surface area contributed by atoms with Crippen LogP contribution in [0.3, 0.4) is 0 Å². The van der Waals surface area contributed by atoms with E-state index in [1.54, 1.807) is 36.1 Å². The van der Waals surface area contributed by atoms with E-state index >= 15 is 0 Å². The summed E-state index contributed by atoms with van der Waals surface area (Å²) in [4.78, 5) is 17.0. The Hall–Kier alpha value is -4.20. The molecule has 4 aromatic rings. The van der Waals surface area contributed by atoms with Crippen LogP contribution in [0.5, 0.6) is 11.8 Å². The molecule has 0 saturated heterocycles. The smallest absolute Gasteiger partial charge is 0.336 e. The van der Waals surface area contributed by atoms with Gasteiger partial charge in [-0.25, -0.2) is 9.07 Å². The van der Waals surface area contributed by atoms with Gasteiger partial charge in [0, 0.05) is 16.8 Å². The third-order valence-corrected chi connectivity index (χ3v) is 4.62. The van der Waals surface area contributed by atoms with Crippen LogP contribution < -0.4 is 14.8 Å². The molecule has 0 fully saturated rings. The Bertz CT molecular complexity index is 1260. The van der Waals surface area contributed by atoms with Crippen molar-refractivity contribution >= 4 is 11.6 Å². The molecular weight excluding hydrogens is 411 g/mol. The van der Waals surface area contributed by atoms with Gasteiger partial charge in [-0.2, -0.15) is 4.98 Å². The van der Waals surface area contributed by atoms with Crippen LogP contribution in [0.4, 0.5) is 10.1 Å². The molecule has 7 nitrogen and oxygen atoms in total. The van der Waals surface area contributed by atoms with Gasteiger partial charge in [-0.15, -0.1) is 5.10 Å². The van der Waals surface area contributed by atoms with Gasteiger partial charge in [0.2, 0.25) is 0 Å². The molecule has 0 bridgehead atoms. The summed E-state index contributed by atoms with van der Waals surface area (Å²) >= 11 is 0. The minimum absolute atomic E-state index is 0.229. The molecular formula is C24H21FN4O3. The zero-order valence-corrected chi connectivity index (χ0v) is 17.6. The van der Waals surface area contributed by atoms with Gasteiger partial charge in [-0.3, -0.25) is 4.79 Å². The van der Waals surface area contributed by atoms with E-state index in [1.165, 1.54) is 18.2 Å². The van der Waals surface area contributed by atoms with Crippen molar-refractivity contribution in [3.05, 3.63) is 84.2 Å². The Morgan fingerprint density at radius 1 is 1.06 bits per heavy atom. The molecule has 162 valence electrons. The van der Waals surface area contributed by atoms with Crippen LogP contribution in [0.15, 0.2) is 72.8 Å². The van der Waals surface area contributed by atoms with Crippen molar-refractivity contribution < 1.29 is 18.7 Å². The van der Waals surface area contributed by atoms with Gasteiger partial charge >= 0.3 is 6.01 Å². The number of carbonyl (C=O) groups excluding carboxylic acids is 1. The number of methoxy groups -OCH3 is 1. The summed E-state index contributed by atoms with van der Waals surface area (Å²) < 4.78 is 25.9. The molecule has 1 heterocycles. The molecule has 0 unspecified atom stereocenters. The summed E-state index contributed by atoms with van der Waals surface area (Å²) in [5.74, 6) is 0.357. The van der Waals surface area contributed by atoms with E-state index in [1.807, 2.05) is 37.3 Å². The number of hydrogen-bond donors (Lipinski definition) is 1. The van der Waals surface area contributed by atoms with E-state index in [4.69, 9.17) is 9.47 Å². The highest BCUT2D eigenvalue weighted by Gasteiger charge is 2.16. The van der Waals surface area contributed by atoms with E-state index in [0.29, 0.717) is 29.6 Å². The van der Waals surface area contributed by atoms with Gasteiger partial charge in [-0.1, -0.05) is 24.3 Å². The predicted molar refractivity (Wildman–Crippen MR) is 119 cm³/mol. The van der Waals surface area contributed by atoms with Crippen molar-refractivity contribution in [3.8, 4) is 28.8 Å². The van der Waals surface area contributed by atoms with Crippen molar-refractivity contribution in [3.63, 3.8) is 0 Å². The van der Waals surface area contributed by atoms with Crippen LogP contribution >= 0.6 is 0 Å². The molecule has 1 amide bonds. The molecule has 0 aliphatic rings. The van der Waals surface area contributed by atoms with Crippen molar-refractivity contribution in [1.82, 2.24) is 14.8 Å². The monoisotopic (exact) mass is 432 g/mol. The number of benzene rings is 3. The minimum Gasteiger partial charge on any atom is -0.497 e. The summed E-state index contributed by atoms with van der Waals surface area (Å²) in [5, 5.41) is 7.26. The van der Waals surface area contributed by atoms with Crippen LogP contribution in [0, 0.1) is 5.82 Å². The zero-order chi connectivity index (χ0) is 22.5. The lowest BCUT2D eigenvalue weighted by atomic mass is 10.2. The molecule has 0 atom stereocenters. The summed E-state index contributed by atoms with van der Waals surface area (Å²) in [6, 6.07) is 20.3. The van der Waals surface area contributed by atoms with E-state index in [9.17, 15) is 9.18 Å². The van der Waals surface area contributed by atoms with Crippen molar-refractivity contribution in [1.29, 1.82) is 0 Å². The van der Waals surface area contributed by atoms with Gasteiger partial charge in [0.15, 0.2) is 5.82 Å². The number of hydrogen-bond acceptors (Lipinski definition) is 5. The zero-order valence-electron chi connectivity index (χ0n) is 17.6. The molecule has 32 heavy (non-hydrogen) atoms. The molecule has 3 aromatic carbocycles. The maximum atomic E-state index is 13.5. The minimum atomic E-state index is -0.472. The number of halogens is 1. The number of ether oxygens (including phenoxy) is 2. The predicted octanol–water partition coefficient (Wildman–Crippen LogP) is 4.73. The summed E-state index contributed by atoms with van der Waals surface area (Å²) in [5.41, 5.74) is 2.21. The lowest BCUT2D eigenvalue weighted by Gasteiger charge is -2.10. The Kier molecular flexibility index (Phi) is 6.12. The number of rotatable bonds is 7. The maximum absolute atomic E-state index is 13.5. The fourth-order valence-electron chi connectivity index (χ4n) is 3.16. The lowest BCUT2D eigenvalue weighted by molar-refractivity contribution is 0.102. The lowest BCUT2D eigenvalue weighted by Crippen LogP contribution is -2.12. The van der Waals surface area contributed by atoms with Gasteiger partial charge in [0.1, 0.15) is 11.6 Å². The second kappa shape index (κ2) is 9.30. The Labute approximate surface area is 184 Å². The van der Waals surface area contributed by atoms with Crippen LogP contribution in [0.1, 0.15) is 17.3 Å². The third-order valence-electron chi connectivity index (χ3n) is 4.62. The van der Waals surface area contributed by atoms with E-state index in [2.05, 4.69) is 15.4 Å². The topological polar surface area (TPSA) is 78.3 Å². The third kappa shape index (κ3) is 4.59. The number of aromatic nitrogens is 3. The standard InChI is InChI=1S/C24H21FN4O3/c1-3-32-24-27-22(16-7-5-12-21(14-16)31-2)29(28-24)20-11-6-10-19(15-20)26-23(30)17-8-4-9-18(25)13-17/h4-15H,3H2,1-2H3,(H,26,30). The van der Waals surface area contributed by atoms with Crippen LogP contribution in [-0.2, 0) is 0 Å². The average molecular weight is 432 g/mol. The second-order valence-corrected chi connectivity index (χ2v) is 6.81. The highest BCUT2D eigenvalue weighted by molar-refractivity contribution is 6.04.